The number of hydrogen-bond acceptors (Lipinski definition) is 3. The average molecular weight is 198 g/mol. The van der Waals surface area contributed by atoms with Crippen LogP contribution in [0, 0.1) is 11.3 Å². The molecule has 0 saturated carbocycles. The maximum Gasteiger partial charge on any atom is 0.0638 e. The number of thioether (sulfide) groups is 1. The summed E-state index contributed by atoms with van der Waals surface area (Å²) in [5, 5.41) is 9.34. The molecule has 0 bridgehead atoms. The first-order chi connectivity index (χ1) is 6.16. The Balaban J connectivity index is 2.52. The lowest BCUT2D eigenvalue weighted by atomic mass is 10.1. The third kappa shape index (κ3) is 2.62. The molecule has 2 nitrogen and oxygen atoms in total. The minimum atomic E-state index is 0.420. The van der Waals surface area contributed by atoms with E-state index in [-0.39, 0.29) is 0 Å². The third-order valence-corrected chi connectivity index (χ3v) is 4.22. The van der Waals surface area contributed by atoms with Crippen molar-refractivity contribution < 1.29 is 0 Å². The number of rotatable bonds is 2. The first-order valence-corrected chi connectivity index (χ1v) is 5.96. The summed E-state index contributed by atoms with van der Waals surface area (Å²) < 4.78 is 0. The molecule has 1 rings (SSSR count). The lowest BCUT2D eigenvalue weighted by molar-refractivity contribution is 0.159. The fourth-order valence-electron chi connectivity index (χ4n) is 1.83. The van der Waals surface area contributed by atoms with Gasteiger partial charge < -0.3 is 0 Å². The van der Waals surface area contributed by atoms with Crippen LogP contribution in [-0.4, -0.2) is 34.5 Å². The van der Waals surface area contributed by atoms with Crippen molar-refractivity contribution in [3.05, 3.63) is 0 Å². The second-order valence-electron chi connectivity index (χ2n) is 3.77. The smallest absolute Gasteiger partial charge is 0.0638 e. The van der Waals surface area contributed by atoms with Gasteiger partial charge in [0.05, 0.1) is 12.5 Å². The molecule has 0 radical (unpaired) electrons. The molecule has 0 aliphatic carbocycles. The third-order valence-electron chi connectivity index (χ3n) is 2.89. The Hall–Kier alpha value is -0.200. The van der Waals surface area contributed by atoms with Gasteiger partial charge in [0.25, 0.3) is 0 Å². The maximum absolute atomic E-state index is 8.64. The van der Waals surface area contributed by atoms with E-state index >= 15 is 0 Å². The van der Waals surface area contributed by atoms with E-state index in [9.17, 15) is 0 Å². The molecule has 1 heterocycles. The van der Waals surface area contributed by atoms with E-state index in [2.05, 4.69) is 31.7 Å². The van der Waals surface area contributed by atoms with Gasteiger partial charge in [-0.05, 0) is 13.8 Å². The second-order valence-corrected chi connectivity index (χ2v) is 5.25. The molecule has 1 saturated heterocycles. The normalized spacial score (nSPS) is 32.5. The topological polar surface area (TPSA) is 27.0 Å². The van der Waals surface area contributed by atoms with E-state index in [1.807, 2.05) is 11.8 Å². The van der Waals surface area contributed by atoms with E-state index in [4.69, 9.17) is 5.26 Å². The van der Waals surface area contributed by atoms with Crippen LogP contribution in [0.2, 0.25) is 0 Å². The zero-order valence-electron chi connectivity index (χ0n) is 8.66. The van der Waals surface area contributed by atoms with Gasteiger partial charge >= 0.3 is 0 Å². The van der Waals surface area contributed by atoms with Crippen LogP contribution in [0.5, 0.6) is 0 Å². The van der Waals surface area contributed by atoms with Gasteiger partial charge in [0.1, 0.15) is 0 Å². The molecule has 0 aromatic rings. The van der Waals surface area contributed by atoms with Crippen molar-refractivity contribution in [2.75, 3.05) is 12.3 Å². The number of hydrogen-bond donors (Lipinski definition) is 0. The van der Waals surface area contributed by atoms with Crippen molar-refractivity contribution in [3.63, 3.8) is 0 Å². The van der Waals surface area contributed by atoms with Crippen LogP contribution in [0.15, 0.2) is 0 Å². The molecule has 0 spiro atoms. The first-order valence-electron chi connectivity index (χ1n) is 4.91. The molecule has 3 atom stereocenters. The highest BCUT2D eigenvalue weighted by Gasteiger charge is 2.28. The SMILES string of the molecule is CC1SCCN(C(C)CC#N)C1C. The molecule has 0 aromatic carbocycles. The quantitative estimate of drug-likeness (QED) is 0.680. The second kappa shape index (κ2) is 4.88. The van der Waals surface area contributed by atoms with Gasteiger partial charge in [-0.15, -0.1) is 0 Å². The van der Waals surface area contributed by atoms with Gasteiger partial charge in [0.2, 0.25) is 0 Å². The summed E-state index contributed by atoms with van der Waals surface area (Å²) in [6.45, 7) is 7.84. The van der Waals surface area contributed by atoms with Crippen molar-refractivity contribution in [3.8, 4) is 6.07 Å². The Labute approximate surface area is 85.3 Å². The zero-order valence-corrected chi connectivity index (χ0v) is 9.47. The van der Waals surface area contributed by atoms with Crippen LogP contribution in [-0.2, 0) is 0 Å². The maximum atomic E-state index is 8.64. The van der Waals surface area contributed by atoms with Crippen molar-refractivity contribution in [2.45, 2.75) is 44.5 Å². The minimum Gasteiger partial charge on any atom is -0.295 e. The molecule has 0 aromatic heterocycles. The summed E-state index contributed by atoms with van der Waals surface area (Å²) in [6.07, 6.45) is 0.654. The highest BCUT2D eigenvalue weighted by molar-refractivity contribution is 8.00. The Morgan fingerprint density at radius 1 is 1.62 bits per heavy atom. The molecular formula is C10H18N2S. The predicted molar refractivity (Wildman–Crippen MR) is 57.8 cm³/mol. The van der Waals surface area contributed by atoms with Crippen LogP contribution in [0.3, 0.4) is 0 Å². The van der Waals surface area contributed by atoms with Gasteiger partial charge in [-0.25, -0.2) is 0 Å². The largest absolute Gasteiger partial charge is 0.295 e. The summed E-state index contributed by atoms with van der Waals surface area (Å²) in [7, 11) is 0. The van der Waals surface area contributed by atoms with E-state index in [1.165, 1.54) is 5.75 Å². The highest BCUT2D eigenvalue weighted by Crippen LogP contribution is 2.26. The zero-order chi connectivity index (χ0) is 9.84. The summed E-state index contributed by atoms with van der Waals surface area (Å²) in [6, 6.07) is 3.28. The molecule has 1 fully saturated rings. The molecule has 3 heteroatoms. The van der Waals surface area contributed by atoms with Crippen molar-refractivity contribution >= 4 is 11.8 Å². The Kier molecular flexibility index (Phi) is 4.08. The van der Waals surface area contributed by atoms with Gasteiger partial charge in [0, 0.05) is 29.6 Å². The monoisotopic (exact) mass is 198 g/mol. The molecule has 1 aliphatic heterocycles. The summed E-state index contributed by atoms with van der Waals surface area (Å²) in [4.78, 5) is 2.46. The molecule has 0 N–H and O–H groups in total. The molecule has 74 valence electrons. The van der Waals surface area contributed by atoms with Crippen LogP contribution in [0.4, 0.5) is 0 Å². The highest BCUT2D eigenvalue weighted by atomic mass is 32.2. The van der Waals surface area contributed by atoms with E-state index in [0.29, 0.717) is 23.8 Å². The fraction of sp³-hybridized carbons (Fsp3) is 0.900. The number of nitriles is 1. The predicted octanol–water partition coefficient (Wildman–Crippen LogP) is 2.11. The van der Waals surface area contributed by atoms with E-state index in [0.717, 1.165) is 6.54 Å². The van der Waals surface area contributed by atoms with Crippen LogP contribution in [0.25, 0.3) is 0 Å². The molecule has 13 heavy (non-hydrogen) atoms. The van der Waals surface area contributed by atoms with Gasteiger partial charge in [-0.3, -0.25) is 4.90 Å². The summed E-state index contributed by atoms with van der Waals surface area (Å²) in [5.41, 5.74) is 0. The van der Waals surface area contributed by atoms with E-state index in [1.54, 1.807) is 0 Å². The molecule has 1 aliphatic rings. The fourth-order valence-corrected chi connectivity index (χ4v) is 2.95. The minimum absolute atomic E-state index is 0.420. The van der Waals surface area contributed by atoms with Gasteiger partial charge in [-0.1, -0.05) is 6.92 Å². The lowest BCUT2D eigenvalue weighted by Gasteiger charge is -2.40. The van der Waals surface area contributed by atoms with Crippen LogP contribution < -0.4 is 0 Å². The average Bonchev–Trinajstić information content (AvgIpc) is 2.10. The molecular weight excluding hydrogens is 180 g/mol. The van der Waals surface area contributed by atoms with Crippen molar-refractivity contribution in [1.29, 1.82) is 5.26 Å². The van der Waals surface area contributed by atoms with Crippen molar-refractivity contribution in [2.24, 2.45) is 0 Å². The first kappa shape index (κ1) is 10.9. The van der Waals surface area contributed by atoms with Crippen LogP contribution in [0.1, 0.15) is 27.2 Å². The Morgan fingerprint density at radius 3 is 2.92 bits per heavy atom. The van der Waals surface area contributed by atoms with E-state index < -0.39 is 0 Å². The number of nitrogens with zero attached hydrogens (tertiary/aromatic N) is 2. The van der Waals surface area contributed by atoms with Gasteiger partial charge in [0.15, 0.2) is 0 Å². The molecule has 0 amide bonds. The van der Waals surface area contributed by atoms with Crippen molar-refractivity contribution in [1.82, 2.24) is 4.90 Å². The van der Waals surface area contributed by atoms with Crippen LogP contribution >= 0.6 is 11.8 Å². The Bertz CT molecular complexity index is 200. The summed E-state index contributed by atoms with van der Waals surface area (Å²) >= 11 is 2.04. The Morgan fingerprint density at radius 2 is 2.31 bits per heavy atom. The standard InChI is InChI=1S/C10H18N2S/c1-8(4-5-11)12-6-7-13-10(3)9(12)2/h8-10H,4,6-7H2,1-3H3. The van der Waals surface area contributed by atoms with Gasteiger partial charge in [-0.2, -0.15) is 17.0 Å². The lowest BCUT2D eigenvalue weighted by Crippen LogP contribution is -2.48. The molecule has 3 unspecified atom stereocenters. The summed E-state index contributed by atoms with van der Waals surface area (Å²) in [5.74, 6) is 1.21.